The third-order valence-electron chi connectivity index (χ3n) is 4.75. The molecule has 3 aromatic rings. The average molecular weight is 388 g/mol. The van der Waals surface area contributed by atoms with Crippen LogP contribution in [-0.2, 0) is 11.2 Å². The number of pyridine rings is 1. The van der Waals surface area contributed by atoms with Gasteiger partial charge >= 0.3 is 0 Å². The average Bonchev–Trinajstić information content (AvgIpc) is 3.26. The highest BCUT2D eigenvalue weighted by atomic mass is 35.5. The summed E-state index contributed by atoms with van der Waals surface area (Å²) >= 11 is 1.64. The zero-order chi connectivity index (χ0) is 17.2. The third-order valence-corrected chi connectivity index (χ3v) is 5.77. The number of aryl methyl sites for hydroxylation is 2. The number of nitrogens with zero attached hydrogens (tertiary/aromatic N) is 3. The van der Waals surface area contributed by atoms with Crippen LogP contribution in [0.2, 0.25) is 0 Å². The molecule has 26 heavy (non-hydrogen) atoms. The van der Waals surface area contributed by atoms with Crippen molar-refractivity contribution in [3.63, 3.8) is 0 Å². The number of Topliss-reactive ketones (excluding diaryl/α,β-unsaturated/α-hetero) is 1. The lowest BCUT2D eigenvalue weighted by Gasteiger charge is -2.22. The highest BCUT2D eigenvalue weighted by Crippen LogP contribution is 2.33. The quantitative estimate of drug-likeness (QED) is 0.642. The molecule has 1 atom stereocenters. The lowest BCUT2D eigenvalue weighted by atomic mass is 10.0. The van der Waals surface area contributed by atoms with Crippen molar-refractivity contribution in [1.82, 2.24) is 9.97 Å². The first-order valence-electron chi connectivity index (χ1n) is 8.77. The van der Waals surface area contributed by atoms with E-state index in [9.17, 15) is 4.79 Å². The van der Waals surface area contributed by atoms with Gasteiger partial charge in [-0.1, -0.05) is 41.7 Å². The second-order valence-electron chi connectivity index (χ2n) is 6.63. The van der Waals surface area contributed by atoms with Crippen molar-refractivity contribution >= 4 is 45.0 Å². The summed E-state index contributed by atoms with van der Waals surface area (Å²) in [6.07, 6.45) is 5.22. The maximum Gasteiger partial charge on any atom is 0.188 e. The molecule has 3 heterocycles. The van der Waals surface area contributed by atoms with Gasteiger partial charge in [-0.2, -0.15) is 4.98 Å². The molecule has 0 amide bonds. The Morgan fingerprint density at radius 3 is 2.92 bits per heavy atom. The van der Waals surface area contributed by atoms with E-state index in [0.717, 1.165) is 46.8 Å². The lowest BCUT2D eigenvalue weighted by Crippen LogP contribution is -2.36. The van der Waals surface area contributed by atoms with E-state index in [1.807, 2.05) is 31.3 Å². The van der Waals surface area contributed by atoms with Crippen molar-refractivity contribution in [2.75, 3.05) is 11.4 Å². The topological polar surface area (TPSA) is 46.1 Å². The molecule has 0 saturated carbocycles. The van der Waals surface area contributed by atoms with Crippen LogP contribution in [-0.4, -0.2) is 28.3 Å². The summed E-state index contributed by atoms with van der Waals surface area (Å²) in [6, 6.07) is 12.3. The fourth-order valence-corrected chi connectivity index (χ4v) is 4.54. The Hall–Kier alpha value is -1.98. The van der Waals surface area contributed by atoms with Gasteiger partial charge in [-0.05, 0) is 43.4 Å². The molecule has 1 aromatic carbocycles. The van der Waals surface area contributed by atoms with E-state index in [-0.39, 0.29) is 18.4 Å². The molecule has 2 aromatic heterocycles. The van der Waals surface area contributed by atoms with Crippen LogP contribution < -0.4 is 4.90 Å². The molecule has 1 fully saturated rings. The molecule has 1 aliphatic rings. The molecule has 0 N–H and O–H groups in total. The molecule has 4 rings (SSSR count). The predicted molar refractivity (Wildman–Crippen MR) is 110 cm³/mol. The van der Waals surface area contributed by atoms with Crippen molar-refractivity contribution in [3.05, 3.63) is 53.7 Å². The molecule has 1 saturated heterocycles. The Bertz CT molecular complexity index is 896. The van der Waals surface area contributed by atoms with Gasteiger partial charge in [0.2, 0.25) is 0 Å². The molecule has 0 radical (unpaired) electrons. The number of carbonyl (C=O) groups is 1. The summed E-state index contributed by atoms with van der Waals surface area (Å²) in [6.45, 7) is 2.94. The predicted octanol–water partition coefficient (Wildman–Crippen LogP) is 4.59. The number of fused-ring (bicyclic) bond motifs is 1. The highest BCUT2D eigenvalue weighted by Gasteiger charge is 2.32. The number of carbonyl (C=O) groups excluding carboxylic acids is 1. The zero-order valence-corrected chi connectivity index (χ0v) is 16.4. The van der Waals surface area contributed by atoms with Crippen molar-refractivity contribution in [2.45, 2.75) is 38.6 Å². The first kappa shape index (κ1) is 18.8. The third kappa shape index (κ3) is 3.89. The lowest BCUT2D eigenvalue weighted by molar-refractivity contribution is -0.120. The molecule has 6 heteroatoms. The number of benzene rings is 1. The van der Waals surface area contributed by atoms with E-state index >= 15 is 0 Å². The standard InChI is InChI=1S/C20H21N3OS.ClH/c1-14-12-18-19(21-13-14)22-20(25-18)23-11-5-8-16(23)17(24)10-9-15-6-3-2-4-7-15;/h2-4,6-7,12-13,16H,5,8-11H2,1H3;1H/t16-;/m1./s1. The summed E-state index contributed by atoms with van der Waals surface area (Å²) in [7, 11) is 0. The van der Waals surface area contributed by atoms with Crippen molar-refractivity contribution < 1.29 is 4.79 Å². The molecule has 0 bridgehead atoms. The van der Waals surface area contributed by atoms with Crippen LogP contribution in [0, 0.1) is 6.92 Å². The number of hydrogen-bond donors (Lipinski definition) is 0. The molecular weight excluding hydrogens is 366 g/mol. The summed E-state index contributed by atoms with van der Waals surface area (Å²) < 4.78 is 1.09. The van der Waals surface area contributed by atoms with E-state index < -0.39 is 0 Å². The molecule has 136 valence electrons. The zero-order valence-electron chi connectivity index (χ0n) is 14.7. The summed E-state index contributed by atoms with van der Waals surface area (Å²) in [5, 5.41) is 0.934. The van der Waals surface area contributed by atoms with E-state index in [1.54, 1.807) is 11.3 Å². The Balaban J connectivity index is 0.00000196. The first-order valence-corrected chi connectivity index (χ1v) is 9.59. The smallest absolute Gasteiger partial charge is 0.188 e. The maximum absolute atomic E-state index is 12.8. The molecule has 0 unspecified atom stereocenters. The Labute approximate surface area is 163 Å². The number of halogens is 1. The Morgan fingerprint density at radius 2 is 2.12 bits per heavy atom. The summed E-state index contributed by atoms with van der Waals surface area (Å²) in [5.74, 6) is 0.324. The molecular formula is C20H22ClN3OS. The number of aromatic nitrogens is 2. The fraction of sp³-hybridized carbons (Fsp3) is 0.350. The van der Waals surface area contributed by atoms with Crippen LogP contribution in [0.3, 0.4) is 0 Å². The van der Waals surface area contributed by atoms with Crippen LogP contribution in [0.4, 0.5) is 5.13 Å². The van der Waals surface area contributed by atoms with Crippen LogP contribution >= 0.6 is 23.7 Å². The minimum Gasteiger partial charge on any atom is -0.338 e. The molecule has 4 nitrogen and oxygen atoms in total. The van der Waals surface area contributed by atoms with Crippen molar-refractivity contribution in [3.8, 4) is 0 Å². The van der Waals surface area contributed by atoms with E-state index in [0.29, 0.717) is 12.2 Å². The van der Waals surface area contributed by atoms with Gasteiger partial charge in [-0.15, -0.1) is 12.4 Å². The molecule has 0 spiro atoms. The Kier molecular flexibility index (Phi) is 5.89. The van der Waals surface area contributed by atoms with Crippen LogP contribution in [0.5, 0.6) is 0 Å². The highest BCUT2D eigenvalue weighted by molar-refractivity contribution is 7.22. The largest absolute Gasteiger partial charge is 0.338 e. The van der Waals surface area contributed by atoms with Gasteiger partial charge in [0.15, 0.2) is 16.6 Å². The number of ketones is 1. The SMILES string of the molecule is Cc1cnc2nc(N3CCC[C@@H]3C(=O)CCc3ccccc3)sc2c1.Cl. The second-order valence-corrected chi connectivity index (χ2v) is 7.64. The monoisotopic (exact) mass is 387 g/mol. The van der Waals surface area contributed by atoms with Gasteiger partial charge in [0, 0.05) is 19.2 Å². The number of rotatable bonds is 5. The van der Waals surface area contributed by atoms with E-state index in [2.05, 4.69) is 33.1 Å². The van der Waals surface area contributed by atoms with Gasteiger partial charge in [-0.25, -0.2) is 4.98 Å². The molecule has 0 aliphatic carbocycles. The van der Waals surface area contributed by atoms with Crippen LogP contribution in [0.15, 0.2) is 42.6 Å². The normalized spacial score (nSPS) is 16.7. The number of hydrogen-bond acceptors (Lipinski definition) is 5. The Morgan fingerprint density at radius 1 is 1.31 bits per heavy atom. The first-order chi connectivity index (χ1) is 12.2. The summed E-state index contributed by atoms with van der Waals surface area (Å²) in [4.78, 5) is 24.1. The van der Waals surface area contributed by atoms with Crippen LogP contribution in [0.1, 0.15) is 30.4 Å². The van der Waals surface area contributed by atoms with Crippen LogP contribution in [0.25, 0.3) is 10.3 Å². The van der Waals surface area contributed by atoms with Gasteiger partial charge in [0.25, 0.3) is 0 Å². The minimum atomic E-state index is -0.0367. The van der Waals surface area contributed by atoms with Gasteiger partial charge in [0.1, 0.15) is 0 Å². The fourth-order valence-electron chi connectivity index (χ4n) is 3.44. The van der Waals surface area contributed by atoms with E-state index in [1.165, 1.54) is 5.56 Å². The molecule has 1 aliphatic heterocycles. The van der Waals surface area contributed by atoms with E-state index in [4.69, 9.17) is 0 Å². The minimum absolute atomic E-state index is 0. The second kappa shape index (κ2) is 8.14. The van der Waals surface area contributed by atoms with Gasteiger partial charge in [0.05, 0.1) is 10.7 Å². The van der Waals surface area contributed by atoms with Crippen molar-refractivity contribution in [1.29, 1.82) is 0 Å². The number of anilines is 1. The number of thiazole rings is 1. The van der Waals surface area contributed by atoms with Gasteiger partial charge < -0.3 is 4.90 Å². The van der Waals surface area contributed by atoms with Crippen molar-refractivity contribution in [2.24, 2.45) is 0 Å². The summed E-state index contributed by atoms with van der Waals surface area (Å²) in [5.41, 5.74) is 3.15. The maximum atomic E-state index is 12.8. The van der Waals surface area contributed by atoms with Gasteiger partial charge in [-0.3, -0.25) is 4.79 Å².